The van der Waals surface area contributed by atoms with Crippen molar-refractivity contribution in [2.45, 2.75) is 40.2 Å². The van der Waals surface area contributed by atoms with Gasteiger partial charge in [0.25, 0.3) is 0 Å². The van der Waals surface area contributed by atoms with Crippen LogP contribution in [0.3, 0.4) is 0 Å². The van der Waals surface area contributed by atoms with Gasteiger partial charge in [-0.3, -0.25) is 10.4 Å². The molecule has 0 saturated carbocycles. The molecule has 5 rings (SSSR count). The third-order valence-corrected chi connectivity index (χ3v) is 6.13. The molecule has 7 nitrogen and oxygen atoms in total. The lowest BCUT2D eigenvalue weighted by Gasteiger charge is -2.48. The van der Waals surface area contributed by atoms with Gasteiger partial charge in [-0.2, -0.15) is 5.10 Å². The molecule has 0 spiro atoms. The van der Waals surface area contributed by atoms with Crippen LogP contribution < -0.4 is 15.0 Å². The zero-order valence-electron chi connectivity index (χ0n) is 17.7. The number of carbonyl (C=O) groups is 1. The second-order valence-electron chi connectivity index (χ2n) is 8.91. The van der Waals surface area contributed by atoms with E-state index in [1.807, 2.05) is 36.9 Å². The Labute approximate surface area is 172 Å². The summed E-state index contributed by atoms with van der Waals surface area (Å²) in [6.07, 6.45) is 1.12. The number of anilines is 2. The minimum absolute atomic E-state index is 0.0603. The normalized spacial score (nSPS) is 23.0. The number of hydrogen-bond donors (Lipinski definition) is 2. The van der Waals surface area contributed by atoms with Crippen LogP contribution in [0.5, 0.6) is 5.75 Å². The van der Waals surface area contributed by atoms with E-state index in [0.29, 0.717) is 24.9 Å². The van der Waals surface area contributed by atoms with Crippen molar-refractivity contribution in [3.8, 4) is 5.75 Å². The molecule has 7 heteroatoms. The van der Waals surface area contributed by atoms with Crippen molar-refractivity contribution < 1.29 is 9.53 Å². The van der Waals surface area contributed by atoms with E-state index < -0.39 is 0 Å². The average molecular weight is 398 g/mol. The zero-order chi connectivity index (χ0) is 20.6. The number of H-pyrrole nitrogens is 1. The van der Waals surface area contributed by atoms with Crippen LogP contribution >= 0.6 is 0 Å². The summed E-state index contributed by atoms with van der Waals surface area (Å²) in [5.41, 5.74) is 2.18. The van der Waals surface area contributed by atoms with Gasteiger partial charge in [-0.1, -0.05) is 13.8 Å². The lowest BCUT2D eigenvalue weighted by Crippen LogP contribution is -2.54. The Morgan fingerprint density at radius 1 is 1.28 bits per heavy atom. The fourth-order valence-corrected chi connectivity index (χ4v) is 4.87. The maximum Gasteiger partial charge on any atom is 0.323 e. The lowest BCUT2D eigenvalue weighted by atomic mass is 9.73. The number of nitrogens with one attached hydrogen (secondary N) is 2. The third kappa shape index (κ3) is 4.04. The van der Waals surface area contributed by atoms with Crippen LogP contribution in [0.2, 0.25) is 0 Å². The molecule has 2 aromatic rings. The van der Waals surface area contributed by atoms with Crippen molar-refractivity contribution in [3.05, 3.63) is 36.0 Å². The minimum atomic E-state index is -0.0603. The van der Waals surface area contributed by atoms with Gasteiger partial charge in [-0.05, 0) is 55.9 Å². The van der Waals surface area contributed by atoms with E-state index >= 15 is 0 Å². The molecule has 2 unspecified atom stereocenters. The molecule has 2 N–H and O–H groups in total. The summed E-state index contributed by atoms with van der Waals surface area (Å²) in [5.74, 6) is 1.97. The van der Waals surface area contributed by atoms with E-state index in [4.69, 9.17) is 4.74 Å². The molecule has 3 aliphatic heterocycles. The summed E-state index contributed by atoms with van der Waals surface area (Å²) < 4.78 is 5.59. The van der Waals surface area contributed by atoms with Crippen LogP contribution in [0.1, 0.15) is 32.9 Å². The number of aromatic amines is 1. The second-order valence-corrected chi connectivity index (χ2v) is 8.91. The van der Waals surface area contributed by atoms with Crippen LogP contribution in [0.15, 0.2) is 30.3 Å². The molecule has 3 fully saturated rings. The molecule has 0 radical (unpaired) electrons. The number of rotatable bonds is 4. The Morgan fingerprint density at radius 2 is 2.03 bits per heavy atom. The molecule has 2 bridgehead atoms. The van der Waals surface area contributed by atoms with Crippen LogP contribution in [-0.2, 0) is 0 Å². The van der Waals surface area contributed by atoms with Crippen molar-refractivity contribution in [3.63, 3.8) is 0 Å². The average Bonchev–Trinajstić information content (AvgIpc) is 2.91. The van der Waals surface area contributed by atoms with E-state index in [2.05, 4.69) is 46.4 Å². The van der Waals surface area contributed by atoms with Crippen LogP contribution in [0.25, 0.3) is 0 Å². The highest BCUT2D eigenvalue weighted by Gasteiger charge is 2.46. The number of nitrogens with zero attached hydrogens (tertiary/aromatic N) is 3. The lowest BCUT2D eigenvalue weighted by molar-refractivity contribution is 0.190. The number of carbonyl (C=O) groups excluding carboxylic acids is 1. The molecule has 29 heavy (non-hydrogen) atoms. The SMILES string of the molecule is CCOc1ccc(N2CC3CN(C(=O)Nc4cc(C)n[nH]4)CC2C(C)(C)C3)cc1. The number of ether oxygens (including phenoxy) is 1. The number of amides is 2. The Bertz CT molecular complexity index is 860. The fourth-order valence-electron chi connectivity index (χ4n) is 4.87. The number of aromatic nitrogens is 2. The topological polar surface area (TPSA) is 73.5 Å². The summed E-state index contributed by atoms with van der Waals surface area (Å²) in [6, 6.07) is 10.4. The molecule has 1 aromatic heterocycles. The molecule has 2 atom stereocenters. The molecule has 3 aliphatic rings. The minimum Gasteiger partial charge on any atom is -0.494 e. The van der Waals surface area contributed by atoms with Gasteiger partial charge in [0.15, 0.2) is 0 Å². The summed E-state index contributed by atoms with van der Waals surface area (Å²) in [4.78, 5) is 17.4. The molecule has 1 aromatic carbocycles. The Morgan fingerprint density at radius 3 is 2.69 bits per heavy atom. The first kappa shape index (κ1) is 19.6. The summed E-state index contributed by atoms with van der Waals surface area (Å²) in [7, 11) is 0. The standard InChI is InChI=1S/C22H31N5O2/c1-5-29-18-8-6-17(7-9-18)27-13-16-11-22(3,4)19(27)14-26(12-16)21(28)23-20-10-15(2)24-25-20/h6-10,16,19H,5,11-14H2,1-4H3,(H2,23,24,25,28). The van der Waals surface area contributed by atoms with Gasteiger partial charge in [-0.15, -0.1) is 0 Å². The van der Waals surface area contributed by atoms with Crippen molar-refractivity contribution in [2.75, 3.05) is 36.5 Å². The highest BCUT2D eigenvalue weighted by atomic mass is 16.5. The third-order valence-electron chi connectivity index (χ3n) is 6.13. The maximum absolute atomic E-state index is 13.0. The van der Waals surface area contributed by atoms with Crippen LogP contribution in [-0.4, -0.2) is 53.4 Å². The number of hydrogen-bond acceptors (Lipinski definition) is 4. The Kier molecular flexibility index (Phi) is 5.15. The number of fused-ring (bicyclic) bond motifs is 4. The molecule has 3 saturated heterocycles. The highest BCUT2D eigenvalue weighted by Crippen LogP contribution is 2.43. The number of aryl methyl sites for hydroxylation is 1. The molecule has 2 amide bonds. The zero-order valence-corrected chi connectivity index (χ0v) is 17.7. The van der Waals surface area contributed by atoms with Crippen molar-refractivity contribution in [2.24, 2.45) is 11.3 Å². The first-order valence-corrected chi connectivity index (χ1v) is 10.4. The van der Waals surface area contributed by atoms with Gasteiger partial charge in [0, 0.05) is 31.4 Å². The van der Waals surface area contributed by atoms with Gasteiger partial charge in [0.05, 0.1) is 18.3 Å². The van der Waals surface area contributed by atoms with Crippen LogP contribution in [0, 0.1) is 18.3 Å². The molecule has 4 heterocycles. The number of benzene rings is 1. The predicted octanol–water partition coefficient (Wildman–Crippen LogP) is 3.89. The Hall–Kier alpha value is -2.70. The molecule has 156 valence electrons. The van der Waals surface area contributed by atoms with E-state index in [-0.39, 0.29) is 17.5 Å². The first-order valence-electron chi connectivity index (χ1n) is 10.4. The largest absolute Gasteiger partial charge is 0.494 e. The number of piperidine rings is 1. The van der Waals surface area contributed by atoms with Gasteiger partial charge in [-0.25, -0.2) is 4.79 Å². The van der Waals surface area contributed by atoms with Gasteiger partial charge < -0.3 is 14.5 Å². The van der Waals surface area contributed by atoms with Gasteiger partial charge in [0.1, 0.15) is 11.6 Å². The van der Waals surface area contributed by atoms with Crippen molar-refractivity contribution in [1.82, 2.24) is 15.1 Å². The molecular formula is C22H31N5O2. The van der Waals surface area contributed by atoms with E-state index in [1.54, 1.807) is 0 Å². The summed E-state index contributed by atoms with van der Waals surface area (Å²) in [5, 5.41) is 9.93. The van der Waals surface area contributed by atoms with E-state index in [9.17, 15) is 4.79 Å². The quantitative estimate of drug-likeness (QED) is 0.821. The molecule has 0 aliphatic carbocycles. The van der Waals surface area contributed by atoms with E-state index in [1.165, 1.54) is 5.69 Å². The summed E-state index contributed by atoms with van der Waals surface area (Å²) >= 11 is 0. The smallest absolute Gasteiger partial charge is 0.323 e. The van der Waals surface area contributed by atoms with E-state index in [0.717, 1.165) is 31.0 Å². The maximum atomic E-state index is 13.0. The number of urea groups is 1. The highest BCUT2D eigenvalue weighted by molar-refractivity contribution is 5.88. The predicted molar refractivity (Wildman–Crippen MR) is 115 cm³/mol. The van der Waals surface area contributed by atoms with Gasteiger partial charge >= 0.3 is 6.03 Å². The van der Waals surface area contributed by atoms with Crippen LogP contribution in [0.4, 0.5) is 16.3 Å². The summed E-state index contributed by atoms with van der Waals surface area (Å²) in [6.45, 7) is 11.7. The fraction of sp³-hybridized carbons (Fsp3) is 0.545. The van der Waals surface area contributed by atoms with Crippen molar-refractivity contribution in [1.29, 1.82) is 0 Å². The Balaban J connectivity index is 1.54. The molecular weight excluding hydrogens is 366 g/mol. The monoisotopic (exact) mass is 397 g/mol. The van der Waals surface area contributed by atoms with Gasteiger partial charge in [0.2, 0.25) is 0 Å². The van der Waals surface area contributed by atoms with Crippen molar-refractivity contribution >= 4 is 17.5 Å². The first-order chi connectivity index (χ1) is 13.9. The second kappa shape index (κ2) is 7.61.